The quantitative estimate of drug-likeness (QED) is 0.265. The number of anilines is 2. The number of hydrogen-bond acceptors (Lipinski definition) is 7. The fourth-order valence-corrected chi connectivity index (χ4v) is 4.43. The van der Waals surface area contributed by atoms with Crippen LogP contribution < -0.4 is 15.4 Å². The Bertz CT molecular complexity index is 1610. The second-order valence-electron chi connectivity index (χ2n) is 8.59. The minimum atomic E-state index is -4.50. The molecule has 0 bridgehead atoms. The zero-order valence-corrected chi connectivity index (χ0v) is 22.1. The average molecular weight is 582 g/mol. The van der Waals surface area contributed by atoms with Gasteiger partial charge in [-0.1, -0.05) is 17.7 Å². The molecular formula is C25H23ClF3N5O4S. The van der Waals surface area contributed by atoms with Crippen LogP contribution in [-0.4, -0.2) is 47.4 Å². The summed E-state index contributed by atoms with van der Waals surface area (Å²) in [6, 6.07) is 11.0. The molecular weight excluding hydrogens is 559 g/mol. The van der Waals surface area contributed by atoms with Crippen molar-refractivity contribution in [2.24, 2.45) is 0 Å². The van der Waals surface area contributed by atoms with Gasteiger partial charge in [-0.25, -0.2) is 18.4 Å². The number of hydrogen-bond donors (Lipinski definition) is 2. The fourth-order valence-electron chi connectivity index (χ4n) is 3.65. The summed E-state index contributed by atoms with van der Waals surface area (Å²) in [5, 5.41) is 6.01. The number of amides is 1. The van der Waals surface area contributed by atoms with Crippen molar-refractivity contribution >= 4 is 49.9 Å². The first-order valence-corrected chi connectivity index (χ1v) is 14.0. The molecule has 0 saturated heterocycles. The van der Waals surface area contributed by atoms with Crippen LogP contribution in [0.25, 0.3) is 11.0 Å². The number of aromatic nitrogens is 3. The molecule has 0 saturated carbocycles. The maximum Gasteiger partial charge on any atom is 0.416 e. The molecule has 206 valence electrons. The summed E-state index contributed by atoms with van der Waals surface area (Å²) in [5.41, 5.74) is 1.01. The Kier molecular flexibility index (Phi) is 8.31. The number of benzene rings is 2. The van der Waals surface area contributed by atoms with Gasteiger partial charge in [-0.2, -0.15) is 13.2 Å². The summed E-state index contributed by atoms with van der Waals surface area (Å²) in [6.45, 7) is 0.634. The number of nitrogens with one attached hydrogen (secondary N) is 2. The minimum absolute atomic E-state index is 0.00817. The topological polar surface area (TPSA) is 115 Å². The van der Waals surface area contributed by atoms with Crippen molar-refractivity contribution in [1.82, 2.24) is 19.9 Å². The van der Waals surface area contributed by atoms with Crippen LogP contribution in [0.4, 0.5) is 24.7 Å². The van der Waals surface area contributed by atoms with Crippen molar-refractivity contribution in [3.8, 4) is 11.5 Å². The van der Waals surface area contributed by atoms with Crippen molar-refractivity contribution in [2.75, 3.05) is 23.9 Å². The van der Waals surface area contributed by atoms with Gasteiger partial charge in [0.25, 0.3) is 0 Å². The van der Waals surface area contributed by atoms with Gasteiger partial charge in [-0.05, 0) is 42.5 Å². The molecule has 4 aromatic rings. The predicted octanol–water partition coefficient (Wildman–Crippen LogP) is 5.19. The van der Waals surface area contributed by atoms with Gasteiger partial charge >= 0.3 is 6.18 Å². The third-order valence-corrected chi connectivity index (χ3v) is 6.75. The monoisotopic (exact) mass is 581 g/mol. The molecule has 0 spiro atoms. The molecule has 39 heavy (non-hydrogen) atoms. The first kappa shape index (κ1) is 28.2. The lowest BCUT2D eigenvalue weighted by Crippen LogP contribution is -2.28. The van der Waals surface area contributed by atoms with E-state index in [0.29, 0.717) is 29.1 Å². The third kappa shape index (κ3) is 7.60. The molecule has 1 amide bonds. The van der Waals surface area contributed by atoms with E-state index >= 15 is 0 Å². The molecule has 14 heteroatoms. The van der Waals surface area contributed by atoms with Crippen molar-refractivity contribution < 1.29 is 31.1 Å². The van der Waals surface area contributed by atoms with E-state index in [-0.39, 0.29) is 41.1 Å². The van der Waals surface area contributed by atoms with Crippen molar-refractivity contribution in [2.45, 2.75) is 19.1 Å². The van der Waals surface area contributed by atoms with Crippen LogP contribution in [0.3, 0.4) is 0 Å². The number of carbonyl (C=O) groups excluding carboxylic acids is 1. The van der Waals surface area contributed by atoms with Crippen molar-refractivity contribution in [3.63, 3.8) is 0 Å². The Morgan fingerprint density at radius 1 is 1.13 bits per heavy atom. The van der Waals surface area contributed by atoms with Crippen LogP contribution in [0.1, 0.15) is 12.0 Å². The van der Waals surface area contributed by atoms with E-state index in [1.807, 2.05) is 4.57 Å². The molecule has 0 fully saturated rings. The van der Waals surface area contributed by atoms with Crippen LogP contribution in [0, 0.1) is 0 Å². The van der Waals surface area contributed by atoms with Crippen LogP contribution in [0.2, 0.25) is 5.02 Å². The van der Waals surface area contributed by atoms with E-state index in [0.717, 1.165) is 18.4 Å². The molecule has 2 N–H and O–H groups in total. The fraction of sp³-hybridized carbons (Fsp3) is 0.240. The number of halogens is 4. The Morgan fingerprint density at radius 2 is 1.92 bits per heavy atom. The van der Waals surface area contributed by atoms with Gasteiger partial charge in [0.05, 0.1) is 21.9 Å². The molecule has 0 aliphatic heterocycles. The Morgan fingerprint density at radius 3 is 2.64 bits per heavy atom. The van der Waals surface area contributed by atoms with Gasteiger partial charge in [0.2, 0.25) is 5.91 Å². The van der Waals surface area contributed by atoms with Crippen LogP contribution in [0.15, 0.2) is 61.1 Å². The van der Waals surface area contributed by atoms with Gasteiger partial charge in [0, 0.05) is 37.7 Å². The highest BCUT2D eigenvalue weighted by atomic mass is 35.5. The summed E-state index contributed by atoms with van der Waals surface area (Å²) in [5.74, 6) is 0.0274. The smallest absolute Gasteiger partial charge is 0.416 e. The van der Waals surface area contributed by atoms with E-state index in [1.54, 1.807) is 24.4 Å². The number of ether oxygens (including phenoxy) is 1. The van der Waals surface area contributed by atoms with Gasteiger partial charge < -0.3 is 19.9 Å². The Labute approximate surface area is 226 Å². The lowest BCUT2D eigenvalue weighted by molar-refractivity contribution is -0.137. The third-order valence-electron chi connectivity index (χ3n) is 5.51. The highest BCUT2D eigenvalue weighted by Crippen LogP contribution is 2.36. The number of nitrogens with zero attached hydrogens (tertiary/aromatic N) is 3. The Hall–Kier alpha value is -3.84. The second kappa shape index (κ2) is 11.5. The SMILES string of the molecule is CS(=O)(=O)CCC(=O)NCCn1ccc2ncnc(Nc3ccc(Oc4cccc(C(F)(F)F)c4)c(Cl)c3)c21. The zero-order chi connectivity index (χ0) is 28.2. The summed E-state index contributed by atoms with van der Waals surface area (Å²) in [6.07, 6.45) is -0.373. The molecule has 0 aliphatic rings. The lowest BCUT2D eigenvalue weighted by Gasteiger charge is -2.13. The number of alkyl halides is 3. The highest BCUT2D eigenvalue weighted by Gasteiger charge is 2.30. The van der Waals surface area contributed by atoms with Gasteiger partial charge in [0.1, 0.15) is 33.2 Å². The van der Waals surface area contributed by atoms with Gasteiger partial charge in [0.15, 0.2) is 5.82 Å². The first-order valence-electron chi connectivity index (χ1n) is 11.5. The molecule has 9 nitrogen and oxygen atoms in total. The number of fused-ring (bicyclic) bond motifs is 1. The number of sulfone groups is 1. The minimum Gasteiger partial charge on any atom is -0.456 e. The molecule has 4 rings (SSSR count). The van der Waals surface area contributed by atoms with E-state index in [4.69, 9.17) is 16.3 Å². The zero-order valence-electron chi connectivity index (χ0n) is 20.5. The van der Waals surface area contributed by atoms with E-state index in [2.05, 4.69) is 20.6 Å². The van der Waals surface area contributed by atoms with E-state index in [1.165, 1.54) is 24.5 Å². The van der Waals surface area contributed by atoms with Crippen LogP contribution in [0.5, 0.6) is 11.5 Å². The van der Waals surface area contributed by atoms with Crippen LogP contribution >= 0.6 is 11.6 Å². The summed E-state index contributed by atoms with van der Waals surface area (Å²) >= 11 is 6.35. The lowest BCUT2D eigenvalue weighted by atomic mass is 10.2. The molecule has 0 unspecified atom stereocenters. The molecule has 2 heterocycles. The van der Waals surface area contributed by atoms with Gasteiger partial charge in [-0.3, -0.25) is 4.79 Å². The number of carbonyl (C=O) groups is 1. The van der Waals surface area contributed by atoms with Crippen molar-refractivity contribution in [1.29, 1.82) is 0 Å². The predicted molar refractivity (Wildman–Crippen MR) is 141 cm³/mol. The molecule has 0 aliphatic carbocycles. The molecule has 2 aromatic carbocycles. The normalized spacial score (nSPS) is 11.9. The Balaban J connectivity index is 1.46. The molecule has 0 radical (unpaired) electrons. The second-order valence-corrected chi connectivity index (χ2v) is 11.3. The van der Waals surface area contributed by atoms with Gasteiger partial charge in [-0.15, -0.1) is 0 Å². The largest absolute Gasteiger partial charge is 0.456 e. The summed E-state index contributed by atoms with van der Waals surface area (Å²) in [7, 11) is -3.23. The van der Waals surface area contributed by atoms with E-state index in [9.17, 15) is 26.4 Å². The van der Waals surface area contributed by atoms with Crippen LogP contribution in [-0.2, 0) is 27.4 Å². The molecule has 0 atom stereocenters. The van der Waals surface area contributed by atoms with Crippen molar-refractivity contribution in [3.05, 3.63) is 71.6 Å². The summed E-state index contributed by atoms with van der Waals surface area (Å²) < 4.78 is 68.9. The molecule has 2 aromatic heterocycles. The highest BCUT2D eigenvalue weighted by molar-refractivity contribution is 7.90. The maximum atomic E-state index is 13.0. The first-order chi connectivity index (χ1) is 18.4. The summed E-state index contributed by atoms with van der Waals surface area (Å²) in [4.78, 5) is 20.5. The average Bonchev–Trinajstić information content (AvgIpc) is 3.28. The maximum absolute atomic E-state index is 13.0. The number of rotatable bonds is 10. The standard InChI is InChI=1S/C25H23ClF3N5O4S/c1-39(36,37)12-8-22(35)30-9-11-34-10-7-20-23(34)24(32-15-31-20)33-17-5-6-21(19(26)14-17)38-18-4-2-3-16(13-18)25(27,28)29/h2-7,10,13-15H,8-9,11-12H2,1H3,(H,30,35)(H,31,32,33). The van der Waals surface area contributed by atoms with E-state index < -0.39 is 21.6 Å².